The summed E-state index contributed by atoms with van der Waals surface area (Å²) in [5.41, 5.74) is 3.43. The second kappa shape index (κ2) is 11.1. The molecule has 2 aromatic carbocycles. The van der Waals surface area contributed by atoms with Gasteiger partial charge in [-0.25, -0.2) is 4.90 Å². The predicted octanol–water partition coefficient (Wildman–Crippen LogP) is 4.49. The molecule has 0 aromatic heterocycles. The van der Waals surface area contributed by atoms with Gasteiger partial charge in [0.15, 0.2) is 12.4 Å². The molecule has 2 heterocycles. The Morgan fingerprint density at radius 1 is 1.05 bits per heavy atom. The fourth-order valence-corrected chi connectivity index (χ4v) is 5.81. The topological polar surface area (TPSA) is 86.4 Å². The van der Waals surface area contributed by atoms with E-state index in [0.29, 0.717) is 39.8 Å². The van der Waals surface area contributed by atoms with Crippen molar-refractivity contribution in [3.63, 3.8) is 0 Å². The highest BCUT2D eigenvalue weighted by atomic mass is 35.5. The Hall–Kier alpha value is -3.13. The molecule has 0 radical (unpaired) electrons. The van der Waals surface area contributed by atoms with Crippen LogP contribution in [0, 0.1) is 5.92 Å². The fraction of sp³-hybridized carbons (Fsp3) is 0.321. The molecule has 0 spiro atoms. The van der Waals surface area contributed by atoms with Crippen LogP contribution in [0.1, 0.15) is 49.1 Å². The van der Waals surface area contributed by atoms with Crippen LogP contribution in [-0.4, -0.2) is 29.5 Å². The van der Waals surface area contributed by atoms with Crippen LogP contribution >= 0.6 is 23.2 Å². The van der Waals surface area contributed by atoms with Crippen molar-refractivity contribution < 1.29 is 19.6 Å². The molecule has 1 atom stereocenters. The van der Waals surface area contributed by atoms with Crippen LogP contribution < -0.4 is 15.1 Å². The average Bonchev–Trinajstić information content (AvgIpc) is 3.32. The van der Waals surface area contributed by atoms with Gasteiger partial charge in [0.2, 0.25) is 5.84 Å². The van der Waals surface area contributed by atoms with Gasteiger partial charge < -0.3 is 10.4 Å². The van der Waals surface area contributed by atoms with Crippen molar-refractivity contribution in [2.24, 2.45) is 10.9 Å². The number of aliphatic carboxylic acids is 1. The number of halogens is 2. The van der Waals surface area contributed by atoms with E-state index in [4.69, 9.17) is 28.3 Å². The Morgan fingerprint density at radius 3 is 2.43 bits per heavy atom. The monoisotopic (exact) mass is 539 g/mol. The van der Waals surface area contributed by atoms with E-state index in [9.17, 15) is 9.59 Å². The largest absolute Gasteiger partial charge is 0.481 e. The van der Waals surface area contributed by atoms with Crippen molar-refractivity contribution in [3.8, 4) is 0 Å². The number of benzene rings is 2. The van der Waals surface area contributed by atoms with Gasteiger partial charge in [-0.05, 0) is 67.3 Å². The number of amides is 1. The van der Waals surface area contributed by atoms with Gasteiger partial charge in [0.1, 0.15) is 6.20 Å². The molecule has 7 nitrogen and oxygen atoms in total. The lowest BCUT2D eigenvalue weighted by molar-refractivity contribution is -0.742. The summed E-state index contributed by atoms with van der Waals surface area (Å²) in [6.45, 7) is 0.854. The zero-order valence-electron chi connectivity index (χ0n) is 20.3. The third-order valence-corrected chi connectivity index (χ3v) is 8.07. The first kappa shape index (κ1) is 25.5. The second-order valence-electron chi connectivity index (χ2n) is 9.79. The molecule has 1 unspecified atom stereocenters. The number of carboxylic acids is 1. The third-order valence-electron chi connectivity index (χ3n) is 7.36. The Balaban J connectivity index is 1.17. The van der Waals surface area contributed by atoms with Crippen molar-refractivity contribution in [2.45, 2.75) is 44.6 Å². The zero-order chi connectivity index (χ0) is 25.9. The second-order valence-corrected chi connectivity index (χ2v) is 10.6. The van der Waals surface area contributed by atoms with Gasteiger partial charge in [-0.1, -0.05) is 41.4 Å². The summed E-state index contributed by atoms with van der Waals surface area (Å²) in [5.74, 6) is 0.628. The molecular formula is C28H29Cl2N4O3+. The number of nitrogens with zero attached hydrogens (tertiary/aromatic N) is 2. The van der Waals surface area contributed by atoms with Crippen molar-refractivity contribution >= 4 is 46.6 Å². The maximum Gasteiger partial charge on any atom is 0.303 e. The third kappa shape index (κ3) is 5.90. The molecule has 0 bridgehead atoms. The van der Waals surface area contributed by atoms with E-state index in [1.807, 2.05) is 18.5 Å². The number of carbonyl (C=O) groups is 2. The van der Waals surface area contributed by atoms with Crippen LogP contribution in [0.3, 0.4) is 0 Å². The first-order valence-corrected chi connectivity index (χ1v) is 13.3. The first-order valence-electron chi connectivity index (χ1n) is 12.5. The van der Waals surface area contributed by atoms with E-state index in [-0.39, 0.29) is 18.9 Å². The van der Waals surface area contributed by atoms with E-state index in [1.54, 1.807) is 18.2 Å². The SMILES string of the molecule is O=C(O)CC1CCC(c2ccc(N3C=CC4=NC(C(=O)NCc5c(Cl)cccc5Cl)=C[NH+]4C3)cc2)CC1. The number of amidine groups is 1. The number of carboxylic acid groups (broad SMARTS) is 1. The summed E-state index contributed by atoms with van der Waals surface area (Å²) in [7, 11) is 0. The fourth-order valence-electron chi connectivity index (χ4n) is 5.28. The molecule has 0 saturated heterocycles. The molecule has 9 heteroatoms. The standard InChI is InChI=1S/C28H28Cl2N4O3/c29-23-2-1-3-24(30)22(23)15-31-28(37)25-16-34-17-33(13-12-26(34)32-25)21-10-8-20(9-11-21)19-6-4-18(5-7-19)14-27(35)36/h1-3,8-13,16,18-19H,4-7,14-15,17H2,(H,31,37)(H,35,36)/p+1. The molecule has 37 heavy (non-hydrogen) atoms. The average molecular weight is 540 g/mol. The number of hydrogen-bond acceptors (Lipinski definition) is 4. The number of nitrogens with one attached hydrogen (secondary N) is 2. The summed E-state index contributed by atoms with van der Waals surface area (Å²) in [6.07, 6.45) is 10.1. The summed E-state index contributed by atoms with van der Waals surface area (Å²) in [5, 5.41) is 12.9. The highest BCUT2D eigenvalue weighted by Crippen LogP contribution is 2.37. The first-order chi connectivity index (χ1) is 17.9. The number of fused-ring (bicyclic) bond motifs is 1. The maximum absolute atomic E-state index is 12.7. The van der Waals surface area contributed by atoms with Gasteiger partial charge in [0, 0.05) is 46.5 Å². The van der Waals surface area contributed by atoms with E-state index in [2.05, 4.69) is 39.5 Å². The molecular weight excluding hydrogens is 511 g/mol. The predicted molar refractivity (Wildman–Crippen MR) is 145 cm³/mol. The molecule has 3 aliphatic rings. The molecule has 2 aliphatic heterocycles. The van der Waals surface area contributed by atoms with Gasteiger partial charge in [0.25, 0.3) is 5.91 Å². The Labute approximate surface area is 226 Å². The molecule has 192 valence electrons. The lowest BCUT2D eigenvalue weighted by Crippen LogP contribution is -3.11. The van der Waals surface area contributed by atoms with Gasteiger partial charge in [-0.15, -0.1) is 0 Å². The smallest absolute Gasteiger partial charge is 0.303 e. The lowest BCUT2D eigenvalue weighted by Gasteiger charge is -2.29. The molecule has 5 rings (SSSR count). The summed E-state index contributed by atoms with van der Waals surface area (Å²) in [6, 6.07) is 13.9. The van der Waals surface area contributed by atoms with E-state index >= 15 is 0 Å². The molecule has 1 saturated carbocycles. The van der Waals surface area contributed by atoms with Crippen LogP contribution in [0.2, 0.25) is 10.0 Å². The van der Waals surface area contributed by atoms with Gasteiger partial charge in [-0.2, -0.15) is 4.99 Å². The highest BCUT2D eigenvalue weighted by Gasteiger charge is 2.30. The molecule has 1 amide bonds. The minimum absolute atomic E-state index is 0.227. The quantitative estimate of drug-likeness (QED) is 0.483. The number of carbonyl (C=O) groups excluding carboxylic acids is 1. The number of aliphatic imine (C=N–C) groups is 1. The van der Waals surface area contributed by atoms with Crippen LogP contribution in [0.5, 0.6) is 0 Å². The van der Waals surface area contributed by atoms with Crippen LogP contribution in [0.15, 0.2) is 71.6 Å². The normalized spacial score (nSPS) is 22.8. The lowest BCUT2D eigenvalue weighted by atomic mass is 9.77. The Morgan fingerprint density at radius 2 is 1.76 bits per heavy atom. The van der Waals surface area contributed by atoms with Crippen LogP contribution in [0.25, 0.3) is 0 Å². The van der Waals surface area contributed by atoms with E-state index < -0.39 is 5.97 Å². The minimum Gasteiger partial charge on any atom is -0.481 e. The van der Waals surface area contributed by atoms with Gasteiger partial charge in [0.05, 0.1) is 0 Å². The van der Waals surface area contributed by atoms with Crippen molar-refractivity contribution in [2.75, 3.05) is 11.6 Å². The van der Waals surface area contributed by atoms with Gasteiger partial charge >= 0.3 is 5.97 Å². The highest BCUT2D eigenvalue weighted by molar-refractivity contribution is 6.36. The van der Waals surface area contributed by atoms with E-state index in [1.165, 1.54) is 5.56 Å². The van der Waals surface area contributed by atoms with Crippen molar-refractivity contribution in [1.29, 1.82) is 0 Å². The molecule has 2 aromatic rings. The number of quaternary nitrogens is 1. The van der Waals surface area contributed by atoms with Crippen LogP contribution in [0.4, 0.5) is 5.69 Å². The minimum atomic E-state index is -0.694. The van der Waals surface area contributed by atoms with Crippen LogP contribution in [-0.2, 0) is 16.1 Å². The van der Waals surface area contributed by atoms with Crippen molar-refractivity contribution in [1.82, 2.24) is 5.32 Å². The zero-order valence-corrected chi connectivity index (χ0v) is 21.8. The van der Waals surface area contributed by atoms with Crippen molar-refractivity contribution in [3.05, 3.63) is 87.8 Å². The Bertz CT molecular complexity index is 1260. The maximum atomic E-state index is 12.7. The molecule has 3 N–H and O–H groups in total. The summed E-state index contributed by atoms with van der Waals surface area (Å²) < 4.78 is 0. The number of rotatable bonds is 7. The molecule has 1 fully saturated rings. The van der Waals surface area contributed by atoms with Gasteiger partial charge in [-0.3, -0.25) is 14.5 Å². The summed E-state index contributed by atoms with van der Waals surface area (Å²) in [4.78, 5) is 31.4. The number of anilines is 1. The summed E-state index contributed by atoms with van der Waals surface area (Å²) >= 11 is 12.4. The van der Waals surface area contributed by atoms with E-state index in [0.717, 1.165) is 42.1 Å². The number of hydrogen-bond donors (Lipinski definition) is 3. The Kier molecular flexibility index (Phi) is 7.65. The molecule has 1 aliphatic carbocycles.